The highest BCUT2D eigenvalue weighted by molar-refractivity contribution is 7.81. The molecule has 0 aliphatic heterocycles. The predicted octanol–water partition coefficient (Wildman–Crippen LogP) is 0.490. The second kappa shape index (κ2) is 5.65. The summed E-state index contributed by atoms with van der Waals surface area (Å²) in [5, 5.41) is 8.35. The van der Waals surface area contributed by atoms with E-state index in [1.54, 1.807) is 0 Å². The molecule has 5 heteroatoms. The van der Waals surface area contributed by atoms with Crippen LogP contribution in [0.15, 0.2) is 12.2 Å². The molecule has 0 aromatic heterocycles. The van der Waals surface area contributed by atoms with E-state index in [-0.39, 0.29) is 24.4 Å². The van der Waals surface area contributed by atoms with Crippen molar-refractivity contribution in [2.45, 2.75) is 6.42 Å². The Hall–Kier alpha value is -0.970. The monoisotopic (exact) mass is 190 g/mol. The summed E-state index contributed by atoms with van der Waals surface area (Å²) in [5.41, 5.74) is 0.0296. The molecule has 1 N–H and O–H groups in total. The molecule has 0 bridgehead atoms. The molecule has 0 saturated carbocycles. The number of aliphatic carboxylic acids is 1. The third kappa shape index (κ3) is 4.79. The van der Waals surface area contributed by atoms with Crippen molar-refractivity contribution in [1.82, 2.24) is 0 Å². The molecule has 68 valence electrons. The average molecular weight is 190 g/mol. The van der Waals surface area contributed by atoms with Crippen molar-refractivity contribution >= 4 is 24.6 Å². The van der Waals surface area contributed by atoms with Crippen LogP contribution in [0.3, 0.4) is 0 Å². The van der Waals surface area contributed by atoms with Crippen LogP contribution in [0.25, 0.3) is 0 Å². The average Bonchev–Trinajstić information content (AvgIpc) is 2.03. The highest BCUT2D eigenvalue weighted by Gasteiger charge is 2.04. The van der Waals surface area contributed by atoms with Gasteiger partial charge in [-0.1, -0.05) is 6.58 Å². The highest BCUT2D eigenvalue weighted by Crippen LogP contribution is 1.98. The third-order valence-electron chi connectivity index (χ3n) is 1.10. The Kier molecular flexibility index (Phi) is 5.19. The van der Waals surface area contributed by atoms with Gasteiger partial charge in [-0.25, -0.2) is 4.79 Å². The molecular weight excluding hydrogens is 180 g/mol. The number of hydrogen-bond donors (Lipinski definition) is 2. The van der Waals surface area contributed by atoms with Crippen molar-refractivity contribution in [3.63, 3.8) is 0 Å². The van der Waals surface area contributed by atoms with Gasteiger partial charge in [-0.3, -0.25) is 4.79 Å². The predicted molar refractivity (Wildman–Crippen MR) is 46.2 cm³/mol. The first-order valence-corrected chi connectivity index (χ1v) is 3.88. The minimum atomic E-state index is -1.07. The molecule has 0 unspecified atom stereocenters. The maximum atomic E-state index is 10.5. The van der Waals surface area contributed by atoms with Gasteiger partial charge in [0.1, 0.15) is 0 Å². The lowest BCUT2D eigenvalue weighted by Crippen LogP contribution is -2.09. The zero-order chi connectivity index (χ0) is 9.56. The van der Waals surface area contributed by atoms with Gasteiger partial charge in [0, 0.05) is 12.0 Å². The van der Waals surface area contributed by atoms with E-state index < -0.39 is 11.9 Å². The van der Waals surface area contributed by atoms with Crippen LogP contribution in [0, 0.1) is 0 Å². The zero-order valence-electron chi connectivity index (χ0n) is 6.45. The first-order chi connectivity index (χ1) is 5.57. The summed E-state index contributed by atoms with van der Waals surface area (Å²) in [6.45, 7) is 3.31. The minimum absolute atomic E-state index is 0.000449. The van der Waals surface area contributed by atoms with Crippen LogP contribution >= 0.6 is 12.6 Å². The van der Waals surface area contributed by atoms with Crippen molar-refractivity contribution in [2.75, 3.05) is 12.4 Å². The molecule has 0 aliphatic carbocycles. The van der Waals surface area contributed by atoms with Crippen LogP contribution in [0.2, 0.25) is 0 Å². The summed E-state index contributed by atoms with van der Waals surface area (Å²) in [7, 11) is 0. The largest absolute Gasteiger partial charge is 0.478 e. The number of hydrogen-bond acceptors (Lipinski definition) is 4. The Morgan fingerprint density at radius 1 is 1.50 bits per heavy atom. The van der Waals surface area contributed by atoms with Crippen LogP contribution in [-0.4, -0.2) is 29.4 Å². The van der Waals surface area contributed by atoms with Gasteiger partial charge in [0.05, 0.1) is 12.4 Å². The second-order valence-corrected chi connectivity index (χ2v) is 2.35. The molecule has 0 aromatic rings. The van der Waals surface area contributed by atoms with Gasteiger partial charge in [0.25, 0.3) is 0 Å². The summed E-state index contributed by atoms with van der Waals surface area (Å²) < 4.78 is 4.57. The maximum absolute atomic E-state index is 10.5. The first-order valence-electron chi connectivity index (χ1n) is 3.25. The van der Waals surface area contributed by atoms with Gasteiger partial charge in [-0.05, 0) is 0 Å². The van der Waals surface area contributed by atoms with E-state index in [1.807, 2.05) is 0 Å². The number of rotatable bonds is 5. The van der Waals surface area contributed by atoms with Gasteiger partial charge in [0.2, 0.25) is 0 Å². The number of thiol groups is 1. The van der Waals surface area contributed by atoms with E-state index in [1.165, 1.54) is 0 Å². The number of carbonyl (C=O) groups is 2. The number of carboxylic acid groups (broad SMARTS) is 1. The zero-order valence-corrected chi connectivity index (χ0v) is 7.34. The molecule has 0 saturated heterocycles. The Balaban J connectivity index is 3.50. The van der Waals surface area contributed by atoms with Gasteiger partial charge >= 0.3 is 11.9 Å². The summed E-state index contributed by atoms with van der Waals surface area (Å²) in [5.74, 6) is -1.53. The van der Waals surface area contributed by atoms with Crippen molar-refractivity contribution < 1.29 is 19.4 Å². The lowest BCUT2D eigenvalue weighted by molar-refractivity contribution is -0.141. The molecule has 0 aromatic carbocycles. The molecule has 4 nitrogen and oxygen atoms in total. The highest BCUT2D eigenvalue weighted by atomic mass is 32.1. The lowest BCUT2D eigenvalue weighted by Gasteiger charge is -2.01. The Morgan fingerprint density at radius 2 is 2.08 bits per heavy atom. The summed E-state index contributed by atoms with van der Waals surface area (Å²) in [6.07, 6.45) is 0.148. The molecule has 0 spiro atoms. The molecule has 12 heavy (non-hydrogen) atoms. The topological polar surface area (TPSA) is 63.6 Å². The first kappa shape index (κ1) is 11.0. The van der Waals surface area contributed by atoms with Crippen LogP contribution in [0.1, 0.15) is 6.42 Å². The molecular formula is C7H10O4S. The Bertz CT molecular complexity index is 200. The summed E-state index contributed by atoms with van der Waals surface area (Å²) in [4.78, 5) is 20.7. The second-order valence-electron chi connectivity index (χ2n) is 2.04. The van der Waals surface area contributed by atoms with Crippen LogP contribution in [-0.2, 0) is 14.3 Å². The number of esters is 1. The molecule has 0 amide bonds. The van der Waals surface area contributed by atoms with Crippen molar-refractivity contribution in [1.29, 1.82) is 0 Å². The minimum Gasteiger partial charge on any atom is -0.478 e. The van der Waals surface area contributed by atoms with E-state index in [4.69, 9.17) is 5.11 Å². The SMILES string of the molecule is C=C(CCOC(=O)CS)C(=O)O. The lowest BCUT2D eigenvalue weighted by atomic mass is 10.2. The Morgan fingerprint density at radius 3 is 2.50 bits per heavy atom. The fourth-order valence-corrected chi connectivity index (χ4v) is 0.532. The van der Waals surface area contributed by atoms with E-state index in [2.05, 4.69) is 23.9 Å². The summed E-state index contributed by atoms with van der Waals surface area (Å²) >= 11 is 3.67. The van der Waals surface area contributed by atoms with E-state index in [0.717, 1.165) is 0 Å². The quantitative estimate of drug-likeness (QED) is 0.376. The number of carboxylic acids is 1. The third-order valence-corrected chi connectivity index (χ3v) is 1.36. The van der Waals surface area contributed by atoms with E-state index in [9.17, 15) is 9.59 Å². The Labute approximate surface area is 75.6 Å². The fraction of sp³-hybridized carbons (Fsp3) is 0.429. The van der Waals surface area contributed by atoms with Gasteiger partial charge in [-0.15, -0.1) is 0 Å². The molecule has 0 fully saturated rings. The van der Waals surface area contributed by atoms with Crippen molar-refractivity contribution in [2.24, 2.45) is 0 Å². The molecule has 0 atom stereocenters. The summed E-state index contributed by atoms with van der Waals surface area (Å²) in [6, 6.07) is 0. The van der Waals surface area contributed by atoms with E-state index >= 15 is 0 Å². The standard InChI is InChI=1S/C7H10O4S/c1-5(7(9)10)2-3-11-6(8)4-12/h12H,1-4H2,(H,9,10). The van der Waals surface area contributed by atoms with Crippen LogP contribution < -0.4 is 0 Å². The van der Waals surface area contributed by atoms with Gasteiger partial charge < -0.3 is 9.84 Å². The number of carbonyl (C=O) groups excluding carboxylic acids is 1. The van der Waals surface area contributed by atoms with Gasteiger partial charge in [0.15, 0.2) is 0 Å². The smallest absolute Gasteiger partial charge is 0.331 e. The van der Waals surface area contributed by atoms with E-state index in [0.29, 0.717) is 0 Å². The van der Waals surface area contributed by atoms with Crippen LogP contribution in [0.4, 0.5) is 0 Å². The fourth-order valence-electron chi connectivity index (χ4n) is 0.441. The number of ether oxygens (including phenoxy) is 1. The van der Waals surface area contributed by atoms with Crippen molar-refractivity contribution in [3.8, 4) is 0 Å². The molecule has 0 aliphatic rings. The van der Waals surface area contributed by atoms with Crippen molar-refractivity contribution in [3.05, 3.63) is 12.2 Å². The normalized spacial score (nSPS) is 9.08. The molecule has 0 radical (unpaired) electrons. The van der Waals surface area contributed by atoms with Crippen LogP contribution in [0.5, 0.6) is 0 Å². The molecule has 0 rings (SSSR count). The van der Waals surface area contributed by atoms with Gasteiger partial charge in [-0.2, -0.15) is 12.6 Å². The molecule has 0 heterocycles. The maximum Gasteiger partial charge on any atom is 0.331 e.